The highest BCUT2D eigenvalue weighted by Crippen LogP contribution is 2.27. The van der Waals surface area contributed by atoms with Crippen molar-refractivity contribution in [2.75, 3.05) is 24.0 Å². The van der Waals surface area contributed by atoms with Crippen molar-refractivity contribution >= 4 is 39.1 Å². The molecule has 236 valence electrons. The fraction of sp³-hybridized carbons (Fsp3) is 0.257. The van der Waals surface area contributed by atoms with E-state index in [4.69, 9.17) is 16.3 Å². The van der Waals surface area contributed by atoms with Crippen molar-refractivity contribution in [3.8, 4) is 5.75 Å². The Kier molecular flexibility index (Phi) is 11.6. The number of nitrogens with one attached hydrogen (secondary N) is 1. The lowest BCUT2D eigenvalue weighted by Gasteiger charge is -2.34. The topological polar surface area (TPSA) is 96.0 Å². The molecule has 0 unspecified atom stereocenters. The number of ether oxygens (including phenoxy) is 1. The van der Waals surface area contributed by atoms with E-state index in [9.17, 15) is 18.0 Å². The number of carbonyl (C=O) groups is 2. The molecule has 1 atom stereocenters. The number of hydrogen-bond acceptors (Lipinski definition) is 5. The molecule has 4 aromatic rings. The average molecular weight is 648 g/mol. The predicted molar refractivity (Wildman–Crippen MR) is 178 cm³/mol. The maximum Gasteiger partial charge on any atom is 0.264 e. The first-order chi connectivity index (χ1) is 21.6. The third-order valence-electron chi connectivity index (χ3n) is 7.21. The summed E-state index contributed by atoms with van der Waals surface area (Å²) in [6, 6.07) is 28.5. The van der Waals surface area contributed by atoms with E-state index < -0.39 is 28.5 Å². The van der Waals surface area contributed by atoms with Crippen LogP contribution in [0.4, 0.5) is 5.69 Å². The van der Waals surface area contributed by atoms with E-state index in [0.29, 0.717) is 29.6 Å². The van der Waals surface area contributed by atoms with Crippen LogP contribution >= 0.6 is 11.6 Å². The second kappa shape index (κ2) is 15.6. The number of likely N-dealkylation sites (N-methyl/N-ethyl adjacent to an activating group) is 1. The number of amides is 2. The summed E-state index contributed by atoms with van der Waals surface area (Å²) >= 11 is 6.13. The highest BCUT2D eigenvalue weighted by atomic mass is 35.5. The zero-order chi connectivity index (χ0) is 32.4. The van der Waals surface area contributed by atoms with Crippen LogP contribution < -0.4 is 14.4 Å². The molecule has 0 heterocycles. The van der Waals surface area contributed by atoms with Crippen molar-refractivity contribution in [2.45, 2.75) is 44.7 Å². The van der Waals surface area contributed by atoms with Gasteiger partial charge in [-0.05, 0) is 80.4 Å². The molecule has 0 aromatic heterocycles. The summed E-state index contributed by atoms with van der Waals surface area (Å²) in [4.78, 5) is 29.4. The predicted octanol–water partition coefficient (Wildman–Crippen LogP) is 6.02. The Hall–Kier alpha value is -4.34. The molecule has 0 fully saturated rings. The summed E-state index contributed by atoms with van der Waals surface area (Å²) in [5, 5.41) is 3.40. The first-order valence-electron chi connectivity index (χ1n) is 14.8. The summed E-state index contributed by atoms with van der Waals surface area (Å²) < 4.78 is 34.9. The second-order valence-corrected chi connectivity index (χ2v) is 12.8. The Labute approximate surface area is 270 Å². The Morgan fingerprint density at radius 2 is 1.49 bits per heavy atom. The number of hydrogen-bond donors (Lipinski definition) is 1. The van der Waals surface area contributed by atoms with Crippen LogP contribution in [0.25, 0.3) is 0 Å². The van der Waals surface area contributed by atoms with Crippen molar-refractivity contribution in [1.82, 2.24) is 10.2 Å². The molecular formula is C35H38ClN3O5S. The Balaban J connectivity index is 1.77. The zero-order valence-electron chi connectivity index (χ0n) is 25.6. The van der Waals surface area contributed by atoms with Crippen LogP contribution in [0.2, 0.25) is 5.02 Å². The lowest BCUT2D eigenvalue weighted by molar-refractivity contribution is -0.140. The van der Waals surface area contributed by atoms with Gasteiger partial charge >= 0.3 is 0 Å². The number of anilines is 1. The van der Waals surface area contributed by atoms with Crippen LogP contribution in [0.5, 0.6) is 5.75 Å². The van der Waals surface area contributed by atoms with Crippen LogP contribution in [0.15, 0.2) is 108 Å². The third kappa shape index (κ3) is 8.86. The highest BCUT2D eigenvalue weighted by molar-refractivity contribution is 7.92. The number of nitrogens with zero attached hydrogens (tertiary/aromatic N) is 2. The minimum Gasteiger partial charge on any atom is -0.494 e. The normalized spacial score (nSPS) is 11.8. The van der Waals surface area contributed by atoms with E-state index in [2.05, 4.69) is 5.32 Å². The summed E-state index contributed by atoms with van der Waals surface area (Å²) in [5.41, 5.74) is 2.87. The van der Waals surface area contributed by atoms with Gasteiger partial charge in [0.25, 0.3) is 10.0 Å². The van der Waals surface area contributed by atoms with Gasteiger partial charge in [0.15, 0.2) is 0 Å². The number of carbonyl (C=O) groups excluding carboxylic acids is 2. The molecule has 0 aliphatic carbocycles. The zero-order valence-corrected chi connectivity index (χ0v) is 27.2. The molecule has 0 saturated carbocycles. The van der Waals surface area contributed by atoms with Gasteiger partial charge in [0.1, 0.15) is 18.3 Å². The molecule has 8 nitrogen and oxygen atoms in total. The van der Waals surface area contributed by atoms with Gasteiger partial charge in [-0.1, -0.05) is 71.8 Å². The van der Waals surface area contributed by atoms with Crippen molar-refractivity contribution in [1.29, 1.82) is 0 Å². The molecule has 0 aliphatic rings. The largest absolute Gasteiger partial charge is 0.494 e. The lowest BCUT2D eigenvalue weighted by atomic mass is 10.0. The first kappa shape index (κ1) is 33.6. The first-order valence-corrected chi connectivity index (χ1v) is 16.6. The SMILES string of the molecule is CCNC(=O)[C@@H](Cc1ccccc1)N(Cc1ccc(Cl)cc1)C(=O)CN(c1ccc(C)cc1)S(=O)(=O)c1ccc(OCC)cc1. The maximum absolute atomic E-state index is 14.4. The number of aryl methyl sites for hydroxylation is 1. The number of rotatable bonds is 14. The van der Waals surface area contributed by atoms with Gasteiger partial charge < -0.3 is 15.0 Å². The highest BCUT2D eigenvalue weighted by Gasteiger charge is 2.34. The molecular weight excluding hydrogens is 610 g/mol. The molecule has 4 rings (SSSR count). The number of halogens is 1. The Bertz CT molecular complexity index is 1660. The van der Waals surface area contributed by atoms with Gasteiger partial charge in [0.05, 0.1) is 17.2 Å². The van der Waals surface area contributed by atoms with E-state index in [1.165, 1.54) is 17.0 Å². The molecule has 0 radical (unpaired) electrons. The quantitative estimate of drug-likeness (QED) is 0.181. The second-order valence-electron chi connectivity index (χ2n) is 10.5. The van der Waals surface area contributed by atoms with Crippen molar-refractivity contribution in [3.63, 3.8) is 0 Å². The Morgan fingerprint density at radius 1 is 0.844 bits per heavy atom. The van der Waals surface area contributed by atoms with Gasteiger partial charge in [-0.2, -0.15) is 0 Å². The average Bonchev–Trinajstić information content (AvgIpc) is 3.04. The van der Waals surface area contributed by atoms with Gasteiger partial charge in [-0.15, -0.1) is 0 Å². The van der Waals surface area contributed by atoms with Crippen LogP contribution in [0.1, 0.15) is 30.5 Å². The van der Waals surface area contributed by atoms with Crippen LogP contribution in [-0.2, 0) is 32.6 Å². The van der Waals surface area contributed by atoms with E-state index in [-0.39, 0.29) is 23.8 Å². The maximum atomic E-state index is 14.4. The molecule has 0 bridgehead atoms. The molecule has 2 amide bonds. The van der Waals surface area contributed by atoms with Crippen LogP contribution in [-0.4, -0.2) is 50.9 Å². The summed E-state index contributed by atoms with van der Waals surface area (Å²) in [7, 11) is -4.21. The van der Waals surface area contributed by atoms with Gasteiger partial charge in [0.2, 0.25) is 11.8 Å². The Morgan fingerprint density at radius 3 is 2.09 bits per heavy atom. The van der Waals surface area contributed by atoms with Crippen molar-refractivity contribution in [3.05, 3.63) is 125 Å². The third-order valence-corrected chi connectivity index (χ3v) is 9.25. The molecule has 45 heavy (non-hydrogen) atoms. The molecule has 4 aromatic carbocycles. The van der Waals surface area contributed by atoms with Gasteiger partial charge in [-0.25, -0.2) is 8.42 Å². The fourth-order valence-corrected chi connectivity index (χ4v) is 6.41. The van der Waals surface area contributed by atoms with Gasteiger partial charge in [0, 0.05) is 24.5 Å². The molecule has 1 N–H and O–H groups in total. The minimum atomic E-state index is -4.21. The van der Waals surface area contributed by atoms with E-state index in [1.54, 1.807) is 60.7 Å². The number of benzene rings is 4. The van der Waals surface area contributed by atoms with E-state index >= 15 is 0 Å². The lowest BCUT2D eigenvalue weighted by Crippen LogP contribution is -2.53. The molecule has 0 saturated heterocycles. The molecule has 0 spiro atoms. The monoisotopic (exact) mass is 647 g/mol. The number of sulfonamides is 1. The van der Waals surface area contributed by atoms with Crippen LogP contribution in [0.3, 0.4) is 0 Å². The molecule has 10 heteroatoms. The van der Waals surface area contributed by atoms with E-state index in [1.807, 2.05) is 51.1 Å². The standard InChI is InChI=1S/C35H38ClN3O5S/c1-4-37-35(41)33(23-27-9-7-6-8-10-27)38(24-28-13-15-29(36)16-14-28)34(40)25-39(30-17-11-26(3)12-18-30)45(42,43)32-21-19-31(20-22-32)44-5-2/h6-22,33H,4-5,23-25H2,1-3H3,(H,37,41)/t33-/m1/s1. The van der Waals surface area contributed by atoms with E-state index in [0.717, 1.165) is 21.0 Å². The fourth-order valence-electron chi connectivity index (χ4n) is 4.87. The summed E-state index contributed by atoms with van der Waals surface area (Å²) in [5.74, 6) is -0.332. The molecule has 0 aliphatic heterocycles. The van der Waals surface area contributed by atoms with Crippen molar-refractivity contribution < 1.29 is 22.7 Å². The minimum absolute atomic E-state index is 0.00754. The smallest absolute Gasteiger partial charge is 0.264 e. The van der Waals surface area contributed by atoms with Gasteiger partial charge in [-0.3, -0.25) is 13.9 Å². The summed E-state index contributed by atoms with van der Waals surface area (Å²) in [6.07, 6.45) is 0.238. The van der Waals surface area contributed by atoms with Crippen molar-refractivity contribution in [2.24, 2.45) is 0 Å². The summed E-state index contributed by atoms with van der Waals surface area (Å²) in [6.45, 7) is 5.90. The van der Waals surface area contributed by atoms with Crippen LogP contribution in [0, 0.1) is 6.92 Å².